The summed E-state index contributed by atoms with van der Waals surface area (Å²) in [7, 11) is 0. The van der Waals surface area contributed by atoms with Gasteiger partial charge in [-0.15, -0.1) is 0 Å². The average molecular weight is 358 g/mol. The first-order valence-corrected chi connectivity index (χ1v) is 6.44. The standard InChI is InChI=1S/C13H9ClINO/c14-11-3-1-2-4-12(11)16-13(17)9-5-7-10(15)8-6-9/h1-8H,(H,16,17). The van der Waals surface area contributed by atoms with Gasteiger partial charge in [-0.05, 0) is 59.0 Å². The minimum Gasteiger partial charge on any atom is -0.321 e. The first-order valence-electron chi connectivity index (χ1n) is 4.98. The van der Waals surface area contributed by atoms with E-state index in [9.17, 15) is 4.79 Å². The minimum absolute atomic E-state index is 0.158. The molecule has 0 saturated heterocycles. The number of amides is 1. The Morgan fingerprint density at radius 3 is 2.35 bits per heavy atom. The summed E-state index contributed by atoms with van der Waals surface area (Å²) in [5, 5.41) is 3.31. The van der Waals surface area contributed by atoms with Crippen LogP contribution in [0.15, 0.2) is 48.5 Å². The molecule has 0 radical (unpaired) electrons. The summed E-state index contributed by atoms with van der Waals surface area (Å²) in [6.45, 7) is 0. The molecule has 0 aromatic heterocycles. The molecule has 2 nitrogen and oxygen atoms in total. The van der Waals surface area contributed by atoms with Crippen LogP contribution in [0.5, 0.6) is 0 Å². The van der Waals surface area contributed by atoms with Crippen molar-refractivity contribution in [1.82, 2.24) is 0 Å². The van der Waals surface area contributed by atoms with Gasteiger partial charge in [0.15, 0.2) is 0 Å². The number of anilines is 1. The number of benzene rings is 2. The second kappa shape index (κ2) is 5.51. The Morgan fingerprint density at radius 2 is 1.71 bits per heavy atom. The molecule has 0 atom stereocenters. The van der Waals surface area contributed by atoms with E-state index >= 15 is 0 Å². The van der Waals surface area contributed by atoms with Gasteiger partial charge in [0.05, 0.1) is 10.7 Å². The van der Waals surface area contributed by atoms with E-state index in [1.165, 1.54) is 0 Å². The number of carbonyl (C=O) groups is 1. The van der Waals surface area contributed by atoms with E-state index < -0.39 is 0 Å². The molecule has 0 fully saturated rings. The first-order chi connectivity index (χ1) is 8.16. The number of halogens is 2. The molecule has 17 heavy (non-hydrogen) atoms. The van der Waals surface area contributed by atoms with Crippen LogP contribution in [0.2, 0.25) is 5.02 Å². The lowest BCUT2D eigenvalue weighted by Gasteiger charge is -2.06. The van der Waals surface area contributed by atoms with Crippen molar-refractivity contribution in [2.75, 3.05) is 5.32 Å². The maximum atomic E-state index is 11.9. The van der Waals surface area contributed by atoms with Crippen LogP contribution in [-0.4, -0.2) is 5.91 Å². The van der Waals surface area contributed by atoms with Crippen LogP contribution in [0.25, 0.3) is 0 Å². The maximum absolute atomic E-state index is 11.9. The summed E-state index contributed by atoms with van der Waals surface area (Å²) >= 11 is 8.16. The highest BCUT2D eigenvalue weighted by molar-refractivity contribution is 14.1. The molecule has 1 amide bonds. The second-order valence-corrected chi connectivity index (χ2v) is 5.09. The summed E-state index contributed by atoms with van der Waals surface area (Å²) in [4.78, 5) is 11.9. The SMILES string of the molecule is O=C(Nc1ccccc1Cl)c1ccc(I)cc1. The zero-order valence-corrected chi connectivity index (χ0v) is 11.7. The van der Waals surface area contributed by atoms with Crippen molar-refractivity contribution in [3.8, 4) is 0 Å². The van der Waals surface area contributed by atoms with Crippen molar-refractivity contribution in [3.05, 3.63) is 62.7 Å². The summed E-state index contributed by atoms with van der Waals surface area (Å²) < 4.78 is 1.09. The Bertz CT molecular complexity index is 539. The van der Waals surface area contributed by atoms with E-state index in [1.807, 2.05) is 24.3 Å². The van der Waals surface area contributed by atoms with Gasteiger partial charge in [0.1, 0.15) is 0 Å². The largest absolute Gasteiger partial charge is 0.321 e. The van der Waals surface area contributed by atoms with Crippen molar-refractivity contribution >= 4 is 45.8 Å². The van der Waals surface area contributed by atoms with Gasteiger partial charge in [-0.1, -0.05) is 23.7 Å². The highest BCUT2D eigenvalue weighted by atomic mass is 127. The minimum atomic E-state index is -0.158. The van der Waals surface area contributed by atoms with Crippen LogP contribution in [0, 0.1) is 3.57 Å². The molecule has 4 heteroatoms. The van der Waals surface area contributed by atoms with Crippen LogP contribution >= 0.6 is 34.2 Å². The zero-order chi connectivity index (χ0) is 12.3. The van der Waals surface area contributed by atoms with Crippen molar-refractivity contribution in [1.29, 1.82) is 0 Å². The summed E-state index contributed by atoms with van der Waals surface area (Å²) in [5.74, 6) is -0.158. The Balaban J connectivity index is 2.17. The first kappa shape index (κ1) is 12.4. The van der Waals surface area contributed by atoms with Gasteiger partial charge in [0, 0.05) is 9.13 Å². The third-order valence-electron chi connectivity index (χ3n) is 2.23. The molecule has 0 bridgehead atoms. The third-order valence-corrected chi connectivity index (χ3v) is 3.28. The third kappa shape index (κ3) is 3.20. The fourth-order valence-corrected chi connectivity index (χ4v) is 1.90. The van der Waals surface area contributed by atoms with Crippen LogP contribution in [0.4, 0.5) is 5.69 Å². The number of para-hydroxylation sites is 1. The fraction of sp³-hybridized carbons (Fsp3) is 0. The van der Waals surface area contributed by atoms with Crippen LogP contribution in [0.3, 0.4) is 0 Å². The molecule has 2 aromatic carbocycles. The highest BCUT2D eigenvalue weighted by Crippen LogP contribution is 2.21. The predicted molar refractivity (Wildman–Crippen MR) is 78.6 cm³/mol. The van der Waals surface area contributed by atoms with Gasteiger partial charge in [0.2, 0.25) is 0 Å². The van der Waals surface area contributed by atoms with Crippen molar-refractivity contribution in [2.24, 2.45) is 0 Å². The van der Waals surface area contributed by atoms with E-state index in [1.54, 1.807) is 24.3 Å². The van der Waals surface area contributed by atoms with E-state index in [4.69, 9.17) is 11.6 Å². The molecular formula is C13H9ClINO. The molecular weight excluding hydrogens is 349 g/mol. The lowest BCUT2D eigenvalue weighted by Crippen LogP contribution is -2.11. The second-order valence-electron chi connectivity index (χ2n) is 3.44. The molecule has 2 aromatic rings. The van der Waals surface area contributed by atoms with Gasteiger partial charge < -0.3 is 5.32 Å². The van der Waals surface area contributed by atoms with Gasteiger partial charge in [0.25, 0.3) is 5.91 Å². The normalized spacial score (nSPS) is 10.0. The molecule has 86 valence electrons. The molecule has 0 aliphatic heterocycles. The molecule has 0 unspecified atom stereocenters. The quantitative estimate of drug-likeness (QED) is 0.802. The lowest BCUT2D eigenvalue weighted by molar-refractivity contribution is 0.102. The van der Waals surface area contributed by atoms with E-state index in [0.29, 0.717) is 16.3 Å². The number of carbonyl (C=O) groups excluding carboxylic acids is 1. The lowest BCUT2D eigenvalue weighted by atomic mass is 10.2. The van der Waals surface area contributed by atoms with Gasteiger partial charge in [-0.3, -0.25) is 4.79 Å². The Hall–Kier alpha value is -1.07. The monoisotopic (exact) mass is 357 g/mol. The van der Waals surface area contributed by atoms with E-state index in [2.05, 4.69) is 27.9 Å². The predicted octanol–water partition coefficient (Wildman–Crippen LogP) is 4.20. The summed E-state index contributed by atoms with van der Waals surface area (Å²) in [6.07, 6.45) is 0. The number of nitrogens with one attached hydrogen (secondary N) is 1. The Morgan fingerprint density at radius 1 is 1.06 bits per heavy atom. The smallest absolute Gasteiger partial charge is 0.255 e. The highest BCUT2D eigenvalue weighted by Gasteiger charge is 2.07. The molecule has 0 spiro atoms. The molecule has 2 rings (SSSR count). The van der Waals surface area contributed by atoms with Gasteiger partial charge >= 0.3 is 0 Å². The van der Waals surface area contributed by atoms with Gasteiger partial charge in [-0.25, -0.2) is 0 Å². The van der Waals surface area contributed by atoms with E-state index in [0.717, 1.165) is 3.57 Å². The molecule has 1 N–H and O–H groups in total. The zero-order valence-electron chi connectivity index (χ0n) is 8.78. The number of hydrogen-bond donors (Lipinski definition) is 1. The number of rotatable bonds is 2. The average Bonchev–Trinajstić information content (AvgIpc) is 2.33. The molecule has 0 aliphatic carbocycles. The van der Waals surface area contributed by atoms with Crippen molar-refractivity contribution in [3.63, 3.8) is 0 Å². The summed E-state index contributed by atoms with van der Waals surface area (Å²) in [5.41, 5.74) is 1.24. The van der Waals surface area contributed by atoms with Crippen molar-refractivity contribution in [2.45, 2.75) is 0 Å². The Labute approximate surface area is 118 Å². The molecule has 0 aliphatic rings. The van der Waals surface area contributed by atoms with Crippen LogP contribution in [0.1, 0.15) is 10.4 Å². The van der Waals surface area contributed by atoms with Crippen molar-refractivity contribution < 1.29 is 4.79 Å². The number of hydrogen-bond acceptors (Lipinski definition) is 1. The topological polar surface area (TPSA) is 29.1 Å². The van der Waals surface area contributed by atoms with Gasteiger partial charge in [-0.2, -0.15) is 0 Å². The fourth-order valence-electron chi connectivity index (χ4n) is 1.36. The van der Waals surface area contributed by atoms with Crippen LogP contribution in [-0.2, 0) is 0 Å². The van der Waals surface area contributed by atoms with E-state index in [-0.39, 0.29) is 5.91 Å². The Kier molecular flexibility index (Phi) is 4.02. The molecule has 0 heterocycles. The molecule has 0 saturated carbocycles. The maximum Gasteiger partial charge on any atom is 0.255 e. The summed E-state index contributed by atoms with van der Waals surface area (Å²) in [6, 6.07) is 14.5. The van der Waals surface area contributed by atoms with Crippen LogP contribution < -0.4 is 5.32 Å².